The van der Waals surface area contributed by atoms with E-state index in [0.29, 0.717) is 11.8 Å². The Labute approximate surface area is 131 Å². The van der Waals surface area contributed by atoms with Crippen LogP contribution in [0.25, 0.3) is 11.4 Å². The molecule has 6 heteroatoms. The minimum Gasteiger partial charge on any atom is -0.368 e. The number of likely N-dealkylation sites (N-methyl/N-ethyl adjacent to an activating group) is 1. The van der Waals surface area contributed by atoms with Crippen molar-refractivity contribution in [2.45, 2.75) is 13.8 Å². The molecule has 1 aliphatic heterocycles. The van der Waals surface area contributed by atoms with Gasteiger partial charge in [-0.3, -0.25) is 0 Å². The maximum absolute atomic E-state index is 5.91. The number of piperazine rings is 1. The van der Waals surface area contributed by atoms with Gasteiger partial charge in [-0.2, -0.15) is 15.0 Å². The van der Waals surface area contributed by atoms with Crippen LogP contribution in [0, 0.1) is 13.8 Å². The van der Waals surface area contributed by atoms with Gasteiger partial charge in [0.1, 0.15) is 0 Å². The molecule has 2 aromatic rings. The Bertz CT molecular complexity index is 656. The lowest BCUT2D eigenvalue weighted by atomic mass is 10.1. The predicted molar refractivity (Wildman–Crippen MR) is 88.9 cm³/mol. The van der Waals surface area contributed by atoms with E-state index < -0.39 is 0 Å². The second-order valence-corrected chi connectivity index (χ2v) is 5.98. The van der Waals surface area contributed by atoms with Crippen LogP contribution >= 0.6 is 0 Å². The third-order valence-electron chi connectivity index (χ3n) is 3.91. The zero-order chi connectivity index (χ0) is 15.7. The summed E-state index contributed by atoms with van der Waals surface area (Å²) in [6.45, 7) is 7.97. The molecule has 2 N–H and O–H groups in total. The molecule has 1 fully saturated rings. The fourth-order valence-corrected chi connectivity index (χ4v) is 2.76. The molecule has 22 heavy (non-hydrogen) atoms. The lowest BCUT2D eigenvalue weighted by Gasteiger charge is -2.32. The largest absolute Gasteiger partial charge is 0.368 e. The van der Waals surface area contributed by atoms with Crippen LogP contribution in [0.4, 0.5) is 11.9 Å². The molecule has 0 saturated carbocycles. The van der Waals surface area contributed by atoms with E-state index >= 15 is 0 Å². The van der Waals surface area contributed by atoms with Crippen molar-refractivity contribution < 1.29 is 0 Å². The van der Waals surface area contributed by atoms with Crippen molar-refractivity contribution in [3.8, 4) is 11.4 Å². The Hall–Kier alpha value is -2.21. The Balaban J connectivity index is 1.96. The smallest absolute Gasteiger partial charge is 0.230 e. The number of aryl methyl sites for hydroxylation is 2. The van der Waals surface area contributed by atoms with Gasteiger partial charge in [0.2, 0.25) is 11.9 Å². The summed E-state index contributed by atoms with van der Waals surface area (Å²) in [5, 5.41) is 0. The molecular weight excluding hydrogens is 276 g/mol. The van der Waals surface area contributed by atoms with Crippen molar-refractivity contribution in [3.63, 3.8) is 0 Å². The number of benzene rings is 1. The zero-order valence-corrected chi connectivity index (χ0v) is 13.4. The Kier molecular flexibility index (Phi) is 3.94. The molecule has 0 unspecified atom stereocenters. The highest BCUT2D eigenvalue weighted by Crippen LogP contribution is 2.22. The number of aromatic nitrogens is 3. The molecule has 116 valence electrons. The second-order valence-electron chi connectivity index (χ2n) is 5.98. The van der Waals surface area contributed by atoms with Gasteiger partial charge in [-0.1, -0.05) is 17.2 Å². The first-order valence-corrected chi connectivity index (χ1v) is 7.55. The standard InChI is InChI=1S/C16H22N6/c1-11-8-12(2)10-13(9-11)14-18-15(17)20-16(19-14)22-6-4-21(3)5-7-22/h8-10H,4-7H2,1-3H3,(H2,17,18,19,20). The molecule has 3 rings (SSSR count). The van der Waals surface area contributed by atoms with Gasteiger partial charge in [0.25, 0.3) is 0 Å². The maximum Gasteiger partial charge on any atom is 0.230 e. The van der Waals surface area contributed by atoms with Crippen molar-refractivity contribution in [2.24, 2.45) is 0 Å². The van der Waals surface area contributed by atoms with Crippen molar-refractivity contribution in [2.75, 3.05) is 43.9 Å². The van der Waals surface area contributed by atoms with E-state index in [1.165, 1.54) is 11.1 Å². The Morgan fingerprint density at radius 1 is 0.909 bits per heavy atom. The van der Waals surface area contributed by atoms with Gasteiger partial charge in [-0.05, 0) is 33.0 Å². The normalized spacial score (nSPS) is 16.0. The molecule has 0 amide bonds. The fraction of sp³-hybridized carbons (Fsp3) is 0.438. The molecule has 0 atom stereocenters. The second kappa shape index (κ2) is 5.88. The molecule has 6 nitrogen and oxygen atoms in total. The quantitative estimate of drug-likeness (QED) is 0.906. The van der Waals surface area contributed by atoms with Crippen LogP contribution in [-0.4, -0.2) is 53.1 Å². The lowest BCUT2D eigenvalue weighted by molar-refractivity contribution is 0.311. The highest BCUT2D eigenvalue weighted by Gasteiger charge is 2.18. The summed E-state index contributed by atoms with van der Waals surface area (Å²) in [7, 11) is 2.13. The number of nitrogens with two attached hydrogens (primary N) is 1. The third-order valence-corrected chi connectivity index (χ3v) is 3.91. The molecule has 0 bridgehead atoms. The van der Waals surface area contributed by atoms with E-state index in [0.717, 1.165) is 31.7 Å². The number of nitrogens with zero attached hydrogens (tertiary/aromatic N) is 5. The van der Waals surface area contributed by atoms with Gasteiger partial charge in [0.05, 0.1) is 0 Å². The van der Waals surface area contributed by atoms with Crippen molar-refractivity contribution in [3.05, 3.63) is 29.3 Å². The molecule has 1 saturated heterocycles. The first-order chi connectivity index (χ1) is 10.5. The van der Waals surface area contributed by atoms with E-state index in [9.17, 15) is 0 Å². The Morgan fingerprint density at radius 3 is 2.18 bits per heavy atom. The van der Waals surface area contributed by atoms with Crippen molar-refractivity contribution in [1.82, 2.24) is 19.9 Å². The SMILES string of the molecule is Cc1cc(C)cc(-c2nc(N)nc(N3CCN(C)CC3)n2)c1. The summed E-state index contributed by atoms with van der Waals surface area (Å²) in [4.78, 5) is 17.7. The molecular formula is C16H22N6. The van der Waals surface area contributed by atoms with Crippen LogP contribution in [0.2, 0.25) is 0 Å². The molecule has 1 aromatic carbocycles. The van der Waals surface area contributed by atoms with Crippen LogP contribution < -0.4 is 10.6 Å². The molecule has 1 aliphatic rings. The Morgan fingerprint density at radius 2 is 1.55 bits per heavy atom. The van der Waals surface area contributed by atoms with Crippen LogP contribution in [-0.2, 0) is 0 Å². The van der Waals surface area contributed by atoms with E-state index in [2.05, 4.69) is 63.8 Å². The van der Waals surface area contributed by atoms with E-state index in [1.54, 1.807) is 0 Å². The number of nitrogen functional groups attached to an aromatic ring is 1. The van der Waals surface area contributed by atoms with Gasteiger partial charge >= 0.3 is 0 Å². The topological polar surface area (TPSA) is 71.2 Å². The third kappa shape index (κ3) is 3.17. The van der Waals surface area contributed by atoms with E-state index in [4.69, 9.17) is 5.73 Å². The molecule has 0 radical (unpaired) electrons. The van der Waals surface area contributed by atoms with Crippen molar-refractivity contribution in [1.29, 1.82) is 0 Å². The molecule has 0 aliphatic carbocycles. The number of hydrogen-bond acceptors (Lipinski definition) is 6. The predicted octanol–water partition coefficient (Wildman–Crippen LogP) is 1.49. The van der Waals surface area contributed by atoms with E-state index in [1.807, 2.05) is 0 Å². The molecule has 1 aromatic heterocycles. The minimum atomic E-state index is 0.276. The zero-order valence-electron chi connectivity index (χ0n) is 13.4. The van der Waals surface area contributed by atoms with Gasteiger partial charge in [-0.25, -0.2) is 0 Å². The average molecular weight is 298 g/mol. The summed E-state index contributed by atoms with van der Waals surface area (Å²) in [5.74, 6) is 1.60. The lowest BCUT2D eigenvalue weighted by Crippen LogP contribution is -2.45. The van der Waals surface area contributed by atoms with Crippen LogP contribution in [0.15, 0.2) is 18.2 Å². The minimum absolute atomic E-state index is 0.276. The molecule has 2 heterocycles. The summed E-state index contributed by atoms with van der Waals surface area (Å²) in [6.07, 6.45) is 0. The highest BCUT2D eigenvalue weighted by atomic mass is 15.3. The van der Waals surface area contributed by atoms with Gasteiger partial charge in [-0.15, -0.1) is 0 Å². The maximum atomic E-state index is 5.91. The summed E-state index contributed by atoms with van der Waals surface area (Å²) < 4.78 is 0. The van der Waals surface area contributed by atoms with Crippen molar-refractivity contribution >= 4 is 11.9 Å². The number of rotatable bonds is 2. The summed E-state index contributed by atoms with van der Waals surface area (Å²) in [5.41, 5.74) is 9.28. The van der Waals surface area contributed by atoms with Gasteiger partial charge in [0.15, 0.2) is 5.82 Å². The fourth-order valence-electron chi connectivity index (χ4n) is 2.76. The summed E-state index contributed by atoms with van der Waals surface area (Å²) in [6, 6.07) is 6.29. The van der Waals surface area contributed by atoms with Crippen LogP contribution in [0.3, 0.4) is 0 Å². The molecule has 0 spiro atoms. The first-order valence-electron chi connectivity index (χ1n) is 7.55. The van der Waals surface area contributed by atoms with Gasteiger partial charge in [0, 0.05) is 31.7 Å². The monoisotopic (exact) mass is 298 g/mol. The summed E-state index contributed by atoms with van der Waals surface area (Å²) >= 11 is 0. The van der Waals surface area contributed by atoms with Crippen LogP contribution in [0.1, 0.15) is 11.1 Å². The van der Waals surface area contributed by atoms with Crippen LogP contribution in [0.5, 0.6) is 0 Å². The highest BCUT2D eigenvalue weighted by molar-refractivity contribution is 5.60. The number of hydrogen-bond donors (Lipinski definition) is 1. The van der Waals surface area contributed by atoms with E-state index in [-0.39, 0.29) is 5.95 Å². The van der Waals surface area contributed by atoms with Gasteiger partial charge < -0.3 is 15.5 Å². The first kappa shape index (κ1) is 14.7. The number of anilines is 2. The average Bonchev–Trinajstić information content (AvgIpc) is 2.46.